The van der Waals surface area contributed by atoms with Crippen molar-refractivity contribution >= 4 is 5.69 Å². The van der Waals surface area contributed by atoms with Gasteiger partial charge >= 0.3 is 0 Å². The number of hydrogen-bond acceptors (Lipinski definition) is 5. The Balaban J connectivity index is 1.63. The van der Waals surface area contributed by atoms with Crippen molar-refractivity contribution in [2.24, 2.45) is 7.05 Å². The zero-order chi connectivity index (χ0) is 26.7. The van der Waals surface area contributed by atoms with Gasteiger partial charge in [-0.3, -0.25) is 4.79 Å². The fraction of sp³-hybridized carbons (Fsp3) is 0.533. The van der Waals surface area contributed by atoms with E-state index in [0.29, 0.717) is 25.2 Å². The van der Waals surface area contributed by atoms with Crippen LogP contribution in [0.15, 0.2) is 35.4 Å². The lowest BCUT2D eigenvalue weighted by Gasteiger charge is -2.40. The van der Waals surface area contributed by atoms with E-state index in [2.05, 4.69) is 69.7 Å². The third-order valence-electron chi connectivity index (χ3n) is 8.17. The largest absolute Gasteiger partial charge is 0.369 e. The molecule has 0 spiro atoms. The Morgan fingerprint density at radius 3 is 2.35 bits per heavy atom. The maximum Gasteiger partial charge on any atom is 0.252 e. The van der Waals surface area contributed by atoms with E-state index < -0.39 is 0 Å². The maximum atomic E-state index is 12.5. The van der Waals surface area contributed by atoms with Crippen molar-refractivity contribution in [1.29, 1.82) is 0 Å². The number of H-pyrrole nitrogens is 1. The van der Waals surface area contributed by atoms with Gasteiger partial charge in [-0.1, -0.05) is 0 Å². The quantitative estimate of drug-likeness (QED) is 0.443. The Bertz CT molecular complexity index is 1270. The van der Waals surface area contributed by atoms with Crippen molar-refractivity contribution in [2.45, 2.75) is 78.6 Å². The number of pyridine rings is 1. The van der Waals surface area contributed by atoms with Crippen LogP contribution in [0.3, 0.4) is 0 Å². The first-order valence-corrected chi connectivity index (χ1v) is 13.6. The predicted octanol–water partition coefficient (Wildman–Crippen LogP) is 4.69. The maximum absolute atomic E-state index is 12.5. The molecular formula is C30H44N6O. The van der Waals surface area contributed by atoms with Gasteiger partial charge in [0, 0.05) is 73.7 Å². The third-order valence-corrected chi connectivity index (χ3v) is 8.17. The molecule has 1 aliphatic carbocycles. The molecule has 1 aromatic carbocycles. The summed E-state index contributed by atoms with van der Waals surface area (Å²) in [6.07, 6.45) is 8.77. The number of hydrogen-bond donors (Lipinski definition) is 2. The summed E-state index contributed by atoms with van der Waals surface area (Å²) in [4.78, 5) is 25.1. The van der Waals surface area contributed by atoms with Crippen LogP contribution >= 0.6 is 0 Å². The lowest BCUT2D eigenvalue weighted by atomic mass is 9.88. The molecule has 0 aliphatic heterocycles. The van der Waals surface area contributed by atoms with E-state index in [1.54, 1.807) is 0 Å². The Kier molecular flexibility index (Phi) is 8.55. The van der Waals surface area contributed by atoms with Crippen molar-refractivity contribution in [3.8, 4) is 11.4 Å². The van der Waals surface area contributed by atoms with Gasteiger partial charge in [-0.25, -0.2) is 4.98 Å². The van der Waals surface area contributed by atoms with Crippen LogP contribution in [0.5, 0.6) is 0 Å². The minimum absolute atomic E-state index is 0.00495. The minimum Gasteiger partial charge on any atom is -0.369 e. The number of nitrogens with zero attached hydrogens (tertiary/aromatic N) is 4. The monoisotopic (exact) mass is 504 g/mol. The van der Waals surface area contributed by atoms with Crippen LogP contribution in [0.2, 0.25) is 0 Å². The lowest BCUT2D eigenvalue weighted by molar-refractivity contribution is 0.214. The van der Waals surface area contributed by atoms with Gasteiger partial charge < -0.3 is 24.7 Å². The molecule has 0 bridgehead atoms. The summed E-state index contributed by atoms with van der Waals surface area (Å²) in [6, 6.07) is 7.86. The highest BCUT2D eigenvalue weighted by Crippen LogP contribution is 2.35. The summed E-state index contributed by atoms with van der Waals surface area (Å²) >= 11 is 0. The predicted molar refractivity (Wildman–Crippen MR) is 153 cm³/mol. The Morgan fingerprint density at radius 2 is 1.76 bits per heavy atom. The van der Waals surface area contributed by atoms with Crippen LogP contribution in [0.25, 0.3) is 11.4 Å². The number of aryl methyl sites for hydroxylation is 3. The van der Waals surface area contributed by atoms with Gasteiger partial charge in [0.1, 0.15) is 5.82 Å². The fourth-order valence-electron chi connectivity index (χ4n) is 5.95. The second-order valence-electron chi connectivity index (χ2n) is 10.9. The third kappa shape index (κ3) is 5.99. The molecule has 37 heavy (non-hydrogen) atoms. The summed E-state index contributed by atoms with van der Waals surface area (Å²) in [6.45, 7) is 10.7. The average Bonchev–Trinajstić information content (AvgIpc) is 3.29. The molecule has 0 saturated heterocycles. The SMILES string of the molecule is CCN(c1cc(-c2nccn2C)cc(CNCc2c(C)cc(C)[nH]c2=O)c1C)[C@H]1CC[C@H](N(C)C)CC1. The first-order valence-electron chi connectivity index (χ1n) is 13.6. The van der Waals surface area contributed by atoms with Crippen LogP contribution in [0, 0.1) is 20.8 Å². The second-order valence-corrected chi connectivity index (χ2v) is 10.9. The molecule has 2 aromatic heterocycles. The van der Waals surface area contributed by atoms with Crippen LogP contribution in [0.4, 0.5) is 5.69 Å². The minimum atomic E-state index is -0.00495. The molecule has 1 fully saturated rings. The van der Waals surface area contributed by atoms with Crippen molar-refractivity contribution in [3.05, 3.63) is 68.9 Å². The normalized spacial score (nSPS) is 17.9. The highest BCUT2D eigenvalue weighted by Gasteiger charge is 2.28. The topological polar surface area (TPSA) is 69.2 Å². The zero-order valence-corrected chi connectivity index (χ0v) is 23.7. The molecule has 2 heterocycles. The van der Waals surface area contributed by atoms with E-state index >= 15 is 0 Å². The molecule has 0 amide bonds. The van der Waals surface area contributed by atoms with Crippen molar-refractivity contribution in [2.75, 3.05) is 25.5 Å². The van der Waals surface area contributed by atoms with E-state index in [-0.39, 0.29) is 5.56 Å². The molecule has 0 atom stereocenters. The van der Waals surface area contributed by atoms with Gasteiger partial charge in [0.2, 0.25) is 0 Å². The molecule has 3 aromatic rings. The summed E-state index contributed by atoms with van der Waals surface area (Å²) in [5.41, 5.74) is 7.71. The Labute approximate surface area is 221 Å². The van der Waals surface area contributed by atoms with Crippen LogP contribution in [0.1, 0.15) is 60.6 Å². The van der Waals surface area contributed by atoms with Gasteiger partial charge in [-0.15, -0.1) is 0 Å². The number of aromatic amines is 1. The number of aromatic nitrogens is 3. The first kappa shape index (κ1) is 27.1. The Hall–Kier alpha value is -2.90. The molecule has 0 radical (unpaired) electrons. The molecule has 1 aliphatic rings. The number of nitrogens with one attached hydrogen (secondary N) is 2. The summed E-state index contributed by atoms with van der Waals surface area (Å²) in [7, 11) is 6.45. The number of benzene rings is 1. The zero-order valence-electron chi connectivity index (χ0n) is 23.7. The average molecular weight is 505 g/mol. The standard InChI is InChI=1S/C30H44N6O/c1-8-36(26-11-9-25(10-12-26)34(5)6)28-17-23(29-32-13-14-35(29)7)16-24(22(28)4)18-31-19-27-20(2)15-21(3)33-30(27)37/h13-17,25-26,31H,8-12,18-19H2,1-7H3,(H,33,37)/t25-,26-. The smallest absolute Gasteiger partial charge is 0.252 e. The molecule has 7 nitrogen and oxygen atoms in total. The molecule has 0 unspecified atom stereocenters. The molecule has 4 rings (SSSR count). The molecule has 200 valence electrons. The van der Waals surface area contributed by atoms with Gasteiger partial charge in [0.05, 0.1) is 0 Å². The summed E-state index contributed by atoms with van der Waals surface area (Å²) in [5.74, 6) is 0.973. The lowest BCUT2D eigenvalue weighted by Crippen LogP contribution is -2.42. The second kappa shape index (κ2) is 11.7. The number of anilines is 1. The van der Waals surface area contributed by atoms with E-state index in [9.17, 15) is 4.79 Å². The van der Waals surface area contributed by atoms with Crippen molar-refractivity contribution < 1.29 is 0 Å². The van der Waals surface area contributed by atoms with E-state index in [0.717, 1.165) is 34.8 Å². The highest BCUT2D eigenvalue weighted by atomic mass is 16.1. The molecule has 7 heteroatoms. The van der Waals surface area contributed by atoms with Crippen molar-refractivity contribution in [1.82, 2.24) is 24.8 Å². The molecule has 1 saturated carbocycles. The van der Waals surface area contributed by atoms with E-state index in [1.807, 2.05) is 39.4 Å². The highest BCUT2D eigenvalue weighted by molar-refractivity contribution is 5.69. The Morgan fingerprint density at radius 1 is 1.05 bits per heavy atom. The molecule has 2 N–H and O–H groups in total. The van der Waals surface area contributed by atoms with Crippen LogP contribution in [-0.2, 0) is 20.1 Å². The van der Waals surface area contributed by atoms with Gasteiger partial charge in [0.15, 0.2) is 0 Å². The molecular weight excluding hydrogens is 460 g/mol. The van der Waals surface area contributed by atoms with Crippen LogP contribution in [-0.4, -0.2) is 52.2 Å². The van der Waals surface area contributed by atoms with Crippen LogP contribution < -0.4 is 15.8 Å². The number of rotatable bonds is 9. The fourth-order valence-corrected chi connectivity index (χ4v) is 5.95. The van der Waals surface area contributed by atoms with Gasteiger partial charge in [-0.2, -0.15) is 0 Å². The van der Waals surface area contributed by atoms with Crippen molar-refractivity contribution in [3.63, 3.8) is 0 Å². The van der Waals surface area contributed by atoms with Gasteiger partial charge in [-0.05, 0) is 102 Å². The first-order chi connectivity index (χ1) is 17.7. The summed E-state index contributed by atoms with van der Waals surface area (Å²) in [5, 5.41) is 3.56. The van der Waals surface area contributed by atoms with E-state index in [1.165, 1.54) is 42.5 Å². The van der Waals surface area contributed by atoms with Gasteiger partial charge in [0.25, 0.3) is 5.56 Å². The number of imidazole rings is 1. The van der Waals surface area contributed by atoms with E-state index in [4.69, 9.17) is 0 Å². The summed E-state index contributed by atoms with van der Waals surface area (Å²) < 4.78 is 2.08.